The van der Waals surface area contributed by atoms with Gasteiger partial charge in [-0.05, 0) is 17.5 Å². The lowest BCUT2D eigenvalue weighted by atomic mass is 10.2. The molecule has 0 aliphatic rings. The lowest BCUT2D eigenvalue weighted by Crippen LogP contribution is -2.27. The van der Waals surface area contributed by atoms with Gasteiger partial charge in [0.25, 0.3) is 0 Å². The normalized spacial score (nSPS) is 9.85. The Balaban J connectivity index is 1.86. The van der Waals surface area contributed by atoms with E-state index in [1.165, 1.54) is 0 Å². The van der Waals surface area contributed by atoms with Gasteiger partial charge in [0.1, 0.15) is 6.54 Å². The number of hydrogen-bond donors (Lipinski definition) is 2. The minimum atomic E-state index is -0.0867. The Labute approximate surface area is 121 Å². The summed E-state index contributed by atoms with van der Waals surface area (Å²) in [6.45, 7) is 0.734. The molecule has 104 valence electrons. The van der Waals surface area contributed by atoms with Crippen LogP contribution >= 0.6 is 11.3 Å². The van der Waals surface area contributed by atoms with Crippen LogP contribution in [0.2, 0.25) is 0 Å². The zero-order valence-corrected chi connectivity index (χ0v) is 11.7. The third-order valence-corrected chi connectivity index (χ3v) is 3.44. The first kappa shape index (κ1) is 14.3. The van der Waals surface area contributed by atoms with Crippen LogP contribution < -0.4 is 5.32 Å². The summed E-state index contributed by atoms with van der Waals surface area (Å²) in [7, 11) is 0. The maximum Gasteiger partial charge on any atom is 0.242 e. The number of amides is 1. The van der Waals surface area contributed by atoms with E-state index in [-0.39, 0.29) is 19.1 Å². The predicted octanol–water partition coefficient (Wildman–Crippen LogP) is 0.995. The number of carbonyl (C=O) groups excluding carboxylic acids is 1. The van der Waals surface area contributed by atoms with Gasteiger partial charge in [0.15, 0.2) is 0 Å². The van der Waals surface area contributed by atoms with Gasteiger partial charge in [-0.25, -0.2) is 0 Å². The van der Waals surface area contributed by atoms with Crippen molar-refractivity contribution in [2.24, 2.45) is 0 Å². The Kier molecular flexibility index (Phi) is 5.35. The molecule has 0 spiro atoms. The van der Waals surface area contributed by atoms with Crippen molar-refractivity contribution in [1.29, 1.82) is 0 Å². The monoisotopic (exact) mass is 289 g/mol. The van der Waals surface area contributed by atoms with Crippen LogP contribution in [-0.4, -0.2) is 27.4 Å². The van der Waals surface area contributed by atoms with Crippen LogP contribution in [0.15, 0.2) is 29.9 Å². The molecule has 2 N–H and O–H groups in total. The van der Waals surface area contributed by atoms with Crippen LogP contribution in [0, 0.1) is 11.8 Å². The van der Waals surface area contributed by atoms with Crippen molar-refractivity contribution in [3.8, 4) is 11.8 Å². The van der Waals surface area contributed by atoms with E-state index in [0.717, 1.165) is 10.4 Å². The van der Waals surface area contributed by atoms with E-state index in [1.54, 1.807) is 34.5 Å². The molecule has 20 heavy (non-hydrogen) atoms. The van der Waals surface area contributed by atoms with Crippen molar-refractivity contribution in [2.45, 2.75) is 19.5 Å². The largest absolute Gasteiger partial charge is 0.395 e. The van der Waals surface area contributed by atoms with E-state index < -0.39 is 0 Å². The summed E-state index contributed by atoms with van der Waals surface area (Å²) in [6.07, 6.45) is 3.85. The second-order valence-electron chi connectivity index (χ2n) is 4.01. The van der Waals surface area contributed by atoms with E-state index in [0.29, 0.717) is 13.0 Å². The standard InChI is InChI=1S/C14H15N3O2S/c18-8-2-1-4-12-5-9-20-13(12)10-15-14(19)11-17-7-3-6-16-17/h3,5-7,9,18H,2,8,10-11H2,(H,15,19). The van der Waals surface area contributed by atoms with Crippen LogP contribution in [0.4, 0.5) is 0 Å². The van der Waals surface area contributed by atoms with Crippen molar-refractivity contribution in [3.63, 3.8) is 0 Å². The highest BCUT2D eigenvalue weighted by atomic mass is 32.1. The second kappa shape index (κ2) is 7.48. The maximum atomic E-state index is 11.7. The molecule has 2 aromatic rings. The minimum Gasteiger partial charge on any atom is -0.395 e. The molecular weight excluding hydrogens is 274 g/mol. The number of nitrogens with zero attached hydrogens (tertiary/aromatic N) is 2. The fourth-order valence-corrected chi connectivity index (χ4v) is 2.35. The summed E-state index contributed by atoms with van der Waals surface area (Å²) < 4.78 is 1.58. The number of aliphatic hydroxyl groups excluding tert-OH is 1. The average molecular weight is 289 g/mol. The molecular formula is C14H15N3O2S. The molecule has 0 aromatic carbocycles. The highest BCUT2D eigenvalue weighted by molar-refractivity contribution is 7.10. The van der Waals surface area contributed by atoms with E-state index in [9.17, 15) is 4.79 Å². The number of nitrogens with one attached hydrogen (secondary N) is 1. The van der Waals surface area contributed by atoms with E-state index in [2.05, 4.69) is 22.3 Å². The Morgan fingerprint density at radius 2 is 2.45 bits per heavy atom. The van der Waals surface area contributed by atoms with Gasteiger partial charge < -0.3 is 10.4 Å². The maximum absolute atomic E-state index is 11.7. The zero-order valence-electron chi connectivity index (χ0n) is 10.9. The molecule has 5 nitrogen and oxygen atoms in total. The van der Waals surface area contributed by atoms with Crippen molar-refractivity contribution >= 4 is 17.2 Å². The second-order valence-corrected chi connectivity index (χ2v) is 5.01. The van der Waals surface area contributed by atoms with Gasteiger partial charge in [-0.15, -0.1) is 11.3 Å². The summed E-state index contributed by atoms with van der Waals surface area (Å²) in [4.78, 5) is 12.8. The van der Waals surface area contributed by atoms with Gasteiger partial charge in [-0.2, -0.15) is 5.10 Å². The highest BCUT2D eigenvalue weighted by Crippen LogP contribution is 2.15. The summed E-state index contributed by atoms with van der Waals surface area (Å²) >= 11 is 1.56. The third-order valence-electron chi connectivity index (χ3n) is 2.52. The number of rotatable bonds is 5. The Bertz CT molecular complexity index is 608. The highest BCUT2D eigenvalue weighted by Gasteiger charge is 2.06. The summed E-state index contributed by atoms with van der Waals surface area (Å²) in [6, 6.07) is 3.70. The fourth-order valence-electron chi connectivity index (χ4n) is 1.58. The molecule has 2 rings (SSSR count). The van der Waals surface area contributed by atoms with Crippen LogP contribution in [-0.2, 0) is 17.9 Å². The lowest BCUT2D eigenvalue weighted by molar-refractivity contribution is -0.122. The third kappa shape index (κ3) is 4.23. The van der Waals surface area contributed by atoms with Gasteiger partial charge >= 0.3 is 0 Å². The SMILES string of the molecule is O=C(Cn1cccn1)NCc1sccc1C#CCCO. The van der Waals surface area contributed by atoms with Gasteiger partial charge in [-0.1, -0.05) is 11.8 Å². The Morgan fingerprint density at radius 3 is 3.20 bits per heavy atom. The molecule has 6 heteroatoms. The fraction of sp³-hybridized carbons (Fsp3) is 0.286. The molecule has 0 saturated heterocycles. The molecule has 0 radical (unpaired) electrons. The molecule has 2 aromatic heterocycles. The lowest BCUT2D eigenvalue weighted by Gasteiger charge is -2.04. The first-order valence-corrected chi connectivity index (χ1v) is 7.08. The van der Waals surface area contributed by atoms with E-state index >= 15 is 0 Å². The molecule has 0 bridgehead atoms. The van der Waals surface area contributed by atoms with Gasteiger partial charge in [0, 0.05) is 29.3 Å². The number of hydrogen-bond acceptors (Lipinski definition) is 4. The topological polar surface area (TPSA) is 67.2 Å². The van der Waals surface area contributed by atoms with Crippen LogP contribution in [0.5, 0.6) is 0 Å². The molecule has 2 heterocycles. The smallest absolute Gasteiger partial charge is 0.242 e. The summed E-state index contributed by atoms with van der Waals surface area (Å²) in [5.41, 5.74) is 0.905. The van der Waals surface area contributed by atoms with Crippen molar-refractivity contribution < 1.29 is 9.90 Å². The van der Waals surface area contributed by atoms with Crippen molar-refractivity contribution in [2.75, 3.05) is 6.61 Å². The zero-order chi connectivity index (χ0) is 14.2. The van der Waals surface area contributed by atoms with E-state index in [1.807, 2.05) is 11.4 Å². The molecule has 0 atom stereocenters. The molecule has 1 amide bonds. The Morgan fingerprint density at radius 1 is 1.55 bits per heavy atom. The van der Waals surface area contributed by atoms with Gasteiger partial charge in [0.2, 0.25) is 5.91 Å². The number of carbonyl (C=O) groups is 1. The number of aliphatic hydroxyl groups is 1. The first-order valence-electron chi connectivity index (χ1n) is 6.20. The van der Waals surface area contributed by atoms with Gasteiger partial charge in [0.05, 0.1) is 13.2 Å². The summed E-state index contributed by atoms with van der Waals surface area (Å²) in [5, 5.41) is 17.5. The van der Waals surface area contributed by atoms with Crippen molar-refractivity contribution in [3.05, 3.63) is 40.3 Å². The van der Waals surface area contributed by atoms with E-state index in [4.69, 9.17) is 5.11 Å². The summed E-state index contributed by atoms with van der Waals surface area (Å²) in [5.74, 6) is 5.79. The number of aromatic nitrogens is 2. The average Bonchev–Trinajstić information content (AvgIpc) is 3.08. The molecule has 0 aliphatic carbocycles. The van der Waals surface area contributed by atoms with Crippen LogP contribution in [0.25, 0.3) is 0 Å². The van der Waals surface area contributed by atoms with Crippen LogP contribution in [0.1, 0.15) is 16.9 Å². The molecule has 0 saturated carbocycles. The quantitative estimate of drug-likeness (QED) is 0.807. The first-order chi connectivity index (χ1) is 9.79. The molecule has 0 fully saturated rings. The van der Waals surface area contributed by atoms with Gasteiger partial charge in [-0.3, -0.25) is 9.48 Å². The number of thiophene rings is 1. The minimum absolute atomic E-state index is 0.0626. The predicted molar refractivity (Wildman–Crippen MR) is 77.0 cm³/mol. The molecule has 0 unspecified atom stereocenters. The van der Waals surface area contributed by atoms with Crippen LogP contribution in [0.3, 0.4) is 0 Å². The Hall–Kier alpha value is -2.10. The molecule has 0 aliphatic heterocycles. The van der Waals surface area contributed by atoms with Crippen molar-refractivity contribution in [1.82, 2.24) is 15.1 Å².